The largest absolute Gasteiger partial charge is 0.493 e. The van der Waals surface area contributed by atoms with Gasteiger partial charge in [0.1, 0.15) is 0 Å². The highest BCUT2D eigenvalue weighted by Crippen LogP contribution is 2.27. The van der Waals surface area contributed by atoms with Gasteiger partial charge in [-0.3, -0.25) is 0 Å². The van der Waals surface area contributed by atoms with E-state index < -0.39 is 0 Å². The van der Waals surface area contributed by atoms with Crippen molar-refractivity contribution in [2.45, 2.75) is 13.5 Å². The molecule has 0 fully saturated rings. The normalized spacial score (nSPS) is 9.77. The highest BCUT2D eigenvalue weighted by Gasteiger charge is 2.03. The predicted molar refractivity (Wildman–Crippen MR) is 52.1 cm³/mol. The molecule has 0 amide bonds. The van der Waals surface area contributed by atoms with E-state index >= 15 is 0 Å². The lowest BCUT2D eigenvalue weighted by Crippen LogP contribution is -1.99. The van der Waals surface area contributed by atoms with Crippen molar-refractivity contribution in [3.05, 3.63) is 23.8 Å². The van der Waals surface area contributed by atoms with Gasteiger partial charge in [-0.1, -0.05) is 6.07 Å². The Labute approximate surface area is 78.5 Å². The minimum Gasteiger partial charge on any atom is -0.493 e. The van der Waals surface area contributed by atoms with Gasteiger partial charge in [-0.15, -0.1) is 0 Å². The van der Waals surface area contributed by atoms with E-state index in [0.717, 1.165) is 17.1 Å². The van der Waals surface area contributed by atoms with Crippen molar-refractivity contribution < 1.29 is 9.47 Å². The third-order valence-corrected chi connectivity index (χ3v) is 1.76. The smallest absolute Gasteiger partial charge is 0.161 e. The summed E-state index contributed by atoms with van der Waals surface area (Å²) in [4.78, 5) is 0. The molecule has 0 aliphatic heterocycles. The fourth-order valence-corrected chi connectivity index (χ4v) is 1.11. The summed E-state index contributed by atoms with van der Waals surface area (Å²) in [5.74, 6) is 1.51. The summed E-state index contributed by atoms with van der Waals surface area (Å²) < 4.78 is 10.5. The van der Waals surface area contributed by atoms with Crippen LogP contribution < -0.4 is 15.2 Å². The average molecular weight is 181 g/mol. The zero-order chi connectivity index (χ0) is 9.68. The highest BCUT2D eigenvalue weighted by atomic mass is 16.5. The van der Waals surface area contributed by atoms with Crippen LogP contribution in [0, 0.1) is 0 Å². The van der Waals surface area contributed by atoms with Crippen LogP contribution in [0.5, 0.6) is 11.5 Å². The van der Waals surface area contributed by atoms with Crippen molar-refractivity contribution >= 4 is 0 Å². The van der Waals surface area contributed by atoms with Crippen molar-refractivity contribution in [2.24, 2.45) is 5.73 Å². The molecule has 0 aliphatic carbocycles. The van der Waals surface area contributed by atoms with Crippen molar-refractivity contribution in [3.8, 4) is 11.5 Å². The van der Waals surface area contributed by atoms with Crippen LogP contribution in [0.3, 0.4) is 0 Å². The van der Waals surface area contributed by atoms with Gasteiger partial charge in [-0.25, -0.2) is 0 Å². The van der Waals surface area contributed by atoms with Gasteiger partial charge in [0.05, 0.1) is 13.7 Å². The van der Waals surface area contributed by atoms with E-state index in [2.05, 4.69) is 0 Å². The summed E-state index contributed by atoms with van der Waals surface area (Å²) in [6, 6.07) is 5.71. The third-order valence-electron chi connectivity index (χ3n) is 1.76. The van der Waals surface area contributed by atoms with Crippen LogP contribution >= 0.6 is 0 Å². The van der Waals surface area contributed by atoms with Crippen LogP contribution in [0.2, 0.25) is 0 Å². The maximum atomic E-state index is 5.50. The van der Waals surface area contributed by atoms with Crippen LogP contribution in [-0.4, -0.2) is 13.7 Å². The first-order valence-electron chi connectivity index (χ1n) is 4.31. The molecule has 0 radical (unpaired) electrons. The van der Waals surface area contributed by atoms with Gasteiger partial charge < -0.3 is 15.2 Å². The number of methoxy groups -OCH3 is 1. The van der Waals surface area contributed by atoms with E-state index in [4.69, 9.17) is 15.2 Å². The lowest BCUT2D eigenvalue weighted by atomic mass is 10.2. The zero-order valence-electron chi connectivity index (χ0n) is 8.04. The molecule has 0 aromatic heterocycles. The van der Waals surface area contributed by atoms with E-state index in [9.17, 15) is 0 Å². The lowest BCUT2D eigenvalue weighted by Gasteiger charge is -2.09. The molecule has 0 aliphatic rings. The van der Waals surface area contributed by atoms with Crippen LogP contribution in [0.25, 0.3) is 0 Å². The monoisotopic (exact) mass is 181 g/mol. The first-order chi connectivity index (χ1) is 6.31. The zero-order valence-corrected chi connectivity index (χ0v) is 8.04. The van der Waals surface area contributed by atoms with Crippen molar-refractivity contribution in [3.63, 3.8) is 0 Å². The van der Waals surface area contributed by atoms with Crippen LogP contribution in [0.1, 0.15) is 12.5 Å². The second-order valence-electron chi connectivity index (χ2n) is 2.62. The first kappa shape index (κ1) is 9.86. The Bertz CT molecular complexity index is 274. The minimum atomic E-state index is 0.517. The summed E-state index contributed by atoms with van der Waals surface area (Å²) in [5.41, 5.74) is 6.54. The van der Waals surface area contributed by atoms with Crippen LogP contribution in [0.4, 0.5) is 0 Å². The summed E-state index contributed by atoms with van der Waals surface area (Å²) in [5, 5.41) is 0. The summed E-state index contributed by atoms with van der Waals surface area (Å²) in [6.07, 6.45) is 0. The van der Waals surface area contributed by atoms with Gasteiger partial charge in [-0.2, -0.15) is 0 Å². The van der Waals surface area contributed by atoms with E-state index in [1.165, 1.54) is 0 Å². The van der Waals surface area contributed by atoms with Gasteiger partial charge in [0.15, 0.2) is 11.5 Å². The molecule has 3 heteroatoms. The first-order valence-corrected chi connectivity index (χ1v) is 4.31. The molecule has 1 aromatic rings. The fraction of sp³-hybridized carbons (Fsp3) is 0.400. The molecule has 0 bridgehead atoms. The summed E-state index contributed by atoms with van der Waals surface area (Å²) >= 11 is 0. The molecule has 0 spiro atoms. The van der Waals surface area contributed by atoms with E-state index in [1.807, 2.05) is 25.1 Å². The molecule has 1 aromatic carbocycles. The lowest BCUT2D eigenvalue weighted by molar-refractivity contribution is 0.310. The summed E-state index contributed by atoms with van der Waals surface area (Å²) in [6.45, 7) is 3.09. The number of rotatable bonds is 4. The molecule has 72 valence electrons. The van der Waals surface area contributed by atoms with Crippen molar-refractivity contribution in [2.75, 3.05) is 13.7 Å². The number of benzene rings is 1. The Hall–Kier alpha value is -1.22. The van der Waals surface area contributed by atoms with Gasteiger partial charge in [0, 0.05) is 6.54 Å². The molecule has 0 saturated carbocycles. The topological polar surface area (TPSA) is 44.5 Å². The average Bonchev–Trinajstić information content (AvgIpc) is 2.19. The molecular formula is C10H15NO2. The molecular weight excluding hydrogens is 166 g/mol. The third kappa shape index (κ3) is 2.36. The molecule has 1 rings (SSSR count). The minimum absolute atomic E-state index is 0.517. The molecule has 0 atom stereocenters. The molecule has 13 heavy (non-hydrogen) atoms. The van der Waals surface area contributed by atoms with Gasteiger partial charge >= 0.3 is 0 Å². The van der Waals surface area contributed by atoms with Crippen molar-refractivity contribution in [1.82, 2.24) is 0 Å². The van der Waals surface area contributed by atoms with Gasteiger partial charge in [0.2, 0.25) is 0 Å². The Morgan fingerprint density at radius 1 is 1.31 bits per heavy atom. The maximum Gasteiger partial charge on any atom is 0.161 e. The number of ether oxygens (including phenoxy) is 2. The van der Waals surface area contributed by atoms with Gasteiger partial charge in [-0.05, 0) is 24.6 Å². The van der Waals surface area contributed by atoms with E-state index in [0.29, 0.717) is 13.2 Å². The predicted octanol–water partition coefficient (Wildman–Crippen LogP) is 1.55. The maximum absolute atomic E-state index is 5.50. The molecule has 0 unspecified atom stereocenters. The Kier molecular flexibility index (Phi) is 3.58. The molecule has 0 saturated heterocycles. The highest BCUT2D eigenvalue weighted by molar-refractivity contribution is 5.42. The van der Waals surface area contributed by atoms with Crippen molar-refractivity contribution in [1.29, 1.82) is 0 Å². The number of hydrogen-bond acceptors (Lipinski definition) is 3. The van der Waals surface area contributed by atoms with Crippen LogP contribution in [0.15, 0.2) is 18.2 Å². The molecule has 0 heterocycles. The standard InChI is InChI=1S/C10H15NO2/c1-3-13-9-5-4-8(7-11)6-10(9)12-2/h4-6H,3,7,11H2,1-2H3. The number of nitrogens with two attached hydrogens (primary N) is 1. The van der Waals surface area contributed by atoms with E-state index in [-0.39, 0.29) is 0 Å². The summed E-state index contributed by atoms with van der Waals surface area (Å²) in [7, 11) is 1.62. The number of hydrogen-bond donors (Lipinski definition) is 1. The Morgan fingerprint density at radius 3 is 2.62 bits per heavy atom. The molecule has 2 N–H and O–H groups in total. The second-order valence-corrected chi connectivity index (χ2v) is 2.62. The quantitative estimate of drug-likeness (QED) is 0.766. The molecule has 3 nitrogen and oxygen atoms in total. The fourth-order valence-electron chi connectivity index (χ4n) is 1.11. The van der Waals surface area contributed by atoms with E-state index in [1.54, 1.807) is 7.11 Å². The SMILES string of the molecule is CCOc1ccc(CN)cc1OC. The Morgan fingerprint density at radius 2 is 2.08 bits per heavy atom. The van der Waals surface area contributed by atoms with Gasteiger partial charge in [0.25, 0.3) is 0 Å². The second kappa shape index (κ2) is 4.72. The Balaban J connectivity index is 2.93. The van der Waals surface area contributed by atoms with Crippen LogP contribution in [-0.2, 0) is 6.54 Å².